The Hall–Kier alpha value is -2.78. The molecule has 0 saturated heterocycles. The first-order chi connectivity index (χ1) is 15.1. The van der Waals surface area contributed by atoms with E-state index in [0.29, 0.717) is 17.3 Å². The molecule has 2 aromatic carbocycles. The molecule has 0 aliphatic carbocycles. The number of amides is 2. The van der Waals surface area contributed by atoms with Gasteiger partial charge in [-0.1, -0.05) is 29.8 Å². The zero-order chi connectivity index (χ0) is 23.9. The third kappa shape index (κ3) is 6.86. The number of hydrogen-bond acceptors (Lipinski definition) is 5. The van der Waals surface area contributed by atoms with E-state index >= 15 is 0 Å². The van der Waals surface area contributed by atoms with Crippen LogP contribution in [0.4, 0.5) is 5.69 Å². The molecule has 0 radical (unpaired) electrons. The number of likely N-dealkylation sites (N-methyl/N-ethyl adjacent to an activating group) is 1. The van der Waals surface area contributed by atoms with Crippen molar-refractivity contribution in [2.24, 2.45) is 0 Å². The predicted octanol–water partition coefficient (Wildman–Crippen LogP) is 2.67. The monoisotopic (exact) mass is 481 g/mol. The van der Waals surface area contributed by atoms with Crippen LogP contribution in [-0.2, 0) is 26.2 Å². The maximum atomic E-state index is 13.3. The SMILES string of the molecule is CCNC(=O)[C@H](C)N(Cc1cccc(OC)c1)C(=O)CN(c1cccc(Cl)c1)S(C)(=O)=O. The molecule has 0 bridgehead atoms. The number of benzene rings is 2. The second kappa shape index (κ2) is 11.2. The van der Waals surface area contributed by atoms with E-state index in [1.807, 2.05) is 0 Å². The van der Waals surface area contributed by atoms with Gasteiger partial charge in [0, 0.05) is 18.1 Å². The van der Waals surface area contributed by atoms with Crippen molar-refractivity contribution in [3.8, 4) is 5.75 Å². The third-order valence-corrected chi connectivity index (χ3v) is 6.16. The summed E-state index contributed by atoms with van der Waals surface area (Å²) in [5, 5.41) is 3.05. The van der Waals surface area contributed by atoms with Crippen molar-refractivity contribution in [2.45, 2.75) is 26.4 Å². The molecule has 0 fully saturated rings. The summed E-state index contributed by atoms with van der Waals surface area (Å²) in [5.41, 5.74) is 1.00. The molecule has 0 saturated carbocycles. The van der Waals surface area contributed by atoms with Gasteiger partial charge in [0.1, 0.15) is 18.3 Å². The molecule has 0 spiro atoms. The van der Waals surface area contributed by atoms with Crippen molar-refractivity contribution in [1.29, 1.82) is 0 Å². The lowest BCUT2D eigenvalue weighted by atomic mass is 10.1. The highest BCUT2D eigenvalue weighted by Crippen LogP contribution is 2.23. The lowest BCUT2D eigenvalue weighted by Gasteiger charge is -2.31. The van der Waals surface area contributed by atoms with E-state index in [1.165, 1.54) is 18.1 Å². The van der Waals surface area contributed by atoms with Gasteiger partial charge in [0.2, 0.25) is 21.8 Å². The molecule has 1 atom stereocenters. The maximum absolute atomic E-state index is 13.3. The van der Waals surface area contributed by atoms with Crippen LogP contribution in [0.3, 0.4) is 0 Å². The summed E-state index contributed by atoms with van der Waals surface area (Å²) in [6.07, 6.45) is 1.01. The van der Waals surface area contributed by atoms with Crippen LogP contribution in [0.2, 0.25) is 5.02 Å². The van der Waals surface area contributed by atoms with Gasteiger partial charge in [-0.2, -0.15) is 0 Å². The van der Waals surface area contributed by atoms with E-state index in [2.05, 4.69) is 5.32 Å². The van der Waals surface area contributed by atoms with Crippen LogP contribution >= 0.6 is 11.6 Å². The number of ether oxygens (including phenoxy) is 1. The molecular weight excluding hydrogens is 454 g/mol. The lowest BCUT2D eigenvalue weighted by Crippen LogP contribution is -2.51. The number of carbonyl (C=O) groups is 2. The highest BCUT2D eigenvalue weighted by Gasteiger charge is 2.30. The molecule has 0 aliphatic rings. The number of methoxy groups -OCH3 is 1. The minimum absolute atomic E-state index is 0.0987. The van der Waals surface area contributed by atoms with Crippen LogP contribution in [0.15, 0.2) is 48.5 Å². The summed E-state index contributed by atoms with van der Waals surface area (Å²) < 4.78 is 31.1. The standard InChI is InChI=1S/C22H28ClN3O5S/c1-5-24-22(28)16(2)25(14-17-8-6-11-20(12-17)31-3)21(27)15-26(32(4,29)30)19-10-7-9-18(23)13-19/h6-13,16H,5,14-15H2,1-4H3,(H,24,28)/t16-/m0/s1. The first-order valence-corrected chi connectivity index (χ1v) is 12.2. The first kappa shape index (κ1) is 25.5. The average molecular weight is 482 g/mol. The van der Waals surface area contributed by atoms with Crippen molar-refractivity contribution in [3.63, 3.8) is 0 Å². The van der Waals surface area contributed by atoms with Gasteiger partial charge in [-0.25, -0.2) is 8.42 Å². The Kier molecular flexibility index (Phi) is 8.91. The number of nitrogens with zero attached hydrogens (tertiary/aromatic N) is 2. The highest BCUT2D eigenvalue weighted by atomic mass is 35.5. The van der Waals surface area contributed by atoms with Gasteiger partial charge >= 0.3 is 0 Å². The number of anilines is 1. The van der Waals surface area contributed by atoms with Crippen molar-refractivity contribution in [1.82, 2.24) is 10.2 Å². The minimum Gasteiger partial charge on any atom is -0.497 e. The molecule has 10 heteroatoms. The van der Waals surface area contributed by atoms with Crippen LogP contribution in [0.25, 0.3) is 0 Å². The molecule has 174 valence electrons. The van der Waals surface area contributed by atoms with Crippen LogP contribution in [0, 0.1) is 0 Å². The van der Waals surface area contributed by atoms with Gasteiger partial charge in [0.25, 0.3) is 0 Å². The molecule has 0 aromatic heterocycles. The number of halogens is 1. The second-order valence-electron chi connectivity index (χ2n) is 7.19. The van der Waals surface area contributed by atoms with Gasteiger partial charge in [-0.3, -0.25) is 13.9 Å². The van der Waals surface area contributed by atoms with Crippen LogP contribution in [-0.4, -0.2) is 57.6 Å². The van der Waals surface area contributed by atoms with E-state index in [1.54, 1.807) is 56.3 Å². The van der Waals surface area contributed by atoms with E-state index in [-0.39, 0.29) is 18.1 Å². The smallest absolute Gasteiger partial charge is 0.244 e. The van der Waals surface area contributed by atoms with Gasteiger partial charge in [-0.05, 0) is 49.7 Å². The van der Waals surface area contributed by atoms with Crippen molar-refractivity contribution in [2.75, 3.05) is 30.8 Å². The van der Waals surface area contributed by atoms with E-state index in [9.17, 15) is 18.0 Å². The second-order valence-corrected chi connectivity index (χ2v) is 9.54. The number of carbonyl (C=O) groups excluding carboxylic acids is 2. The Bertz CT molecular complexity index is 1060. The van der Waals surface area contributed by atoms with Crippen LogP contribution in [0.1, 0.15) is 19.4 Å². The molecular formula is C22H28ClN3O5S. The summed E-state index contributed by atoms with van der Waals surface area (Å²) in [6, 6.07) is 12.5. The predicted molar refractivity (Wildman–Crippen MR) is 125 cm³/mol. The lowest BCUT2D eigenvalue weighted by molar-refractivity contribution is -0.139. The fourth-order valence-corrected chi connectivity index (χ4v) is 4.14. The minimum atomic E-state index is -3.80. The summed E-state index contributed by atoms with van der Waals surface area (Å²) >= 11 is 6.02. The number of hydrogen-bond donors (Lipinski definition) is 1. The van der Waals surface area contributed by atoms with E-state index in [0.717, 1.165) is 16.1 Å². The van der Waals surface area contributed by atoms with E-state index < -0.39 is 28.5 Å². The Morgan fingerprint density at radius 1 is 1.16 bits per heavy atom. The Labute approximate surface area is 194 Å². The molecule has 32 heavy (non-hydrogen) atoms. The number of nitrogens with one attached hydrogen (secondary N) is 1. The summed E-state index contributed by atoms with van der Waals surface area (Å²) in [6.45, 7) is 3.41. The summed E-state index contributed by atoms with van der Waals surface area (Å²) in [4.78, 5) is 27.2. The highest BCUT2D eigenvalue weighted by molar-refractivity contribution is 7.92. The molecule has 2 rings (SSSR count). The topological polar surface area (TPSA) is 96.0 Å². The van der Waals surface area contributed by atoms with E-state index in [4.69, 9.17) is 16.3 Å². The molecule has 0 heterocycles. The summed E-state index contributed by atoms with van der Waals surface area (Å²) in [5.74, 6) is -0.258. The average Bonchev–Trinajstić information content (AvgIpc) is 2.74. The fourth-order valence-electron chi connectivity index (χ4n) is 3.12. The normalized spacial score (nSPS) is 12.0. The number of rotatable bonds is 10. The van der Waals surface area contributed by atoms with Gasteiger partial charge in [-0.15, -0.1) is 0 Å². The maximum Gasteiger partial charge on any atom is 0.244 e. The summed E-state index contributed by atoms with van der Waals surface area (Å²) in [7, 11) is -2.26. The molecule has 8 nitrogen and oxygen atoms in total. The van der Waals surface area contributed by atoms with Crippen molar-refractivity contribution in [3.05, 3.63) is 59.1 Å². The van der Waals surface area contributed by atoms with Gasteiger partial charge < -0.3 is 15.0 Å². The zero-order valence-corrected chi connectivity index (χ0v) is 20.1. The molecule has 2 amide bonds. The van der Waals surface area contributed by atoms with Crippen molar-refractivity contribution < 1.29 is 22.7 Å². The Morgan fingerprint density at radius 3 is 2.44 bits per heavy atom. The molecule has 2 aromatic rings. The van der Waals surface area contributed by atoms with Crippen LogP contribution in [0.5, 0.6) is 5.75 Å². The quantitative estimate of drug-likeness (QED) is 0.562. The fraction of sp³-hybridized carbons (Fsp3) is 0.364. The number of sulfonamides is 1. The Morgan fingerprint density at radius 2 is 1.84 bits per heavy atom. The van der Waals surface area contributed by atoms with Gasteiger partial charge in [0.15, 0.2) is 0 Å². The molecule has 0 unspecified atom stereocenters. The largest absolute Gasteiger partial charge is 0.497 e. The third-order valence-electron chi connectivity index (χ3n) is 4.78. The van der Waals surface area contributed by atoms with Gasteiger partial charge in [0.05, 0.1) is 19.1 Å². The first-order valence-electron chi connectivity index (χ1n) is 10.00. The zero-order valence-electron chi connectivity index (χ0n) is 18.5. The van der Waals surface area contributed by atoms with Crippen LogP contribution < -0.4 is 14.4 Å². The van der Waals surface area contributed by atoms with Crippen molar-refractivity contribution >= 4 is 39.1 Å². The molecule has 1 N–H and O–H groups in total. The Balaban J connectivity index is 2.39. The molecule has 0 aliphatic heterocycles.